The van der Waals surface area contributed by atoms with Gasteiger partial charge < -0.3 is 19.7 Å². The molecule has 3 rings (SSSR count). The molecule has 2 N–H and O–H groups in total. The lowest BCUT2D eigenvalue weighted by molar-refractivity contribution is -0.160. The van der Waals surface area contributed by atoms with Crippen LogP contribution in [-0.2, 0) is 16.1 Å². The highest BCUT2D eigenvalue weighted by Gasteiger charge is 2.26. The molecule has 2 unspecified atom stereocenters. The first-order valence-electron chi connectivity index (χ1n) is 8.00. The van der Waals surface area contributed by atoms with Crippen LogP contribution in [0.4, 0.5) is 5.69 Å². The van der Waals surface area contributed by atoms with Crippen LogP contribution in [0.2, 0.25) is 0 Å². The molecule has 1 aromatic carbocycles. The van der Waals surface area contributed by atoms with E-state index in [4.69, 9.17) is 4.74 Å². The lowest BCUT2D eigenvalue weighted by Crippen LogP contribution is -2.33. The second-order valence-electron chi connectivity index (χ2n) is 5.95. The van der Waals surface area contributed by atoms with E-state index in [1.54, 1.807) is 12.3 Å². The molecule has 0 radical (unpaired) electrons. The number of carbonyl (C=O) groups is 2. The van der Waals surface area contributed by atoms with Gasteiger partial charge in [-0.1, -0.05) is 18.2 Å². The molecule has 2 atom stereocenters. The van der Waals surface area contributed by atoms with Crippen LogP contribution in [0, 0.1) is 0 Å². The molecule has 1 aromatic heterocycles. The molecule has 0 bridgehead atoms. The van der Waals surface area contributed by atoms with Gasteiger partial charge in [0.25, 0.3) is 5.91 Å². The standard InChI is InChI=1S/C18H20N2O4/c21-15-10-16(24-17(22)11-15)7-9-20-8-6-13(12-20)18(23)19-14-4-2-1-3-5-14/h1-6,8,12,15-16,21H,7,9-11H2,(H,19,23). The van der Waals surface area contributed by atoms with Gasteiger partial charge in [0, 0.05) is 37.5 Å². The predicted octanol–water partition coefficient (Wildman–Crippen LogP) is 2.20. The molecule has 0 spiro atoms. The molecule has 2 aromatic rings. The SMILES string of the molecule is O=C1CC(O)CC(CCn2ccc(C(=O)Nc3ccccc3)c2)O1. The normalized spacial score (nSPS) is 20.5. The molecule has 6 nitrogen and oxygen atoms in total. The number of aliphatic hydroxyl groups is 1. The van der Waals surface area contributed by atoms with Crippen LogP contribution in [0.5, 0.6) is 0 Å². The fourth-order valence-electron chi connectivity index (χ4n) is 2.77. The average molecular weight is 328 g/mol. The van der Waals surface area contributed by atoms with Gasteiger partial charge >= 0.3 is 5.97 Å². The number of rotatable bonds is 5. The Labute approximate surface area is 140 Å². The molecule has 0 saturated carbocycles. The lowest BCUT2D eigenvalue weighted by Gasteiger charge is -2.25. The lowest BCUT2D eigenvalue weighted by atomic mass is 10.0. The number of benzene rings is 1. The van der Waals surface area contributed by atoms with Crippen molar-refractivity contribution in [2.45, 2.75) is 38.0 Å². The number of aryl methyl sites for hydroxylation is 1. The summed E-state index contributed by atoms with van der Waals surface area (Å²) in [5, 5.41) is 12.4. The second kappa shape index (κ2) is 7.31. The van der Waals surface area contributed by atoms with Crippen molar-refractivity contribution in [3.63, 3.8) is 0 Å². The minimum Gasteiger partial charge on any atom is -0.462 e. The first-order valence-corrected chi connectivity index (χ1v) is 8.00. The topological polar surface area (TPSA) is 80.6 Å². The van der Waals surface area contributed by atoms with Gasteiger partial charge in [-0.05, 0) is 18.2 Å². The van der Waals surface area contributed by atoms with Gasteiger partial charge in [-0.3, -0.25) is 9.59 Å². The highest BCUT2D eigenvalue weighted by atomic mass is 16.5. The van der Waals surface area contributed by atoms with Crippen molar-refractivity contribution >= 4 is 17.6 Å². The highest BCUT2D eigenvalue weighted by molar-refractivity contribution is 6.04. The molecular formula is C18H20N2O4. The Hall–Kier alpha value is -2.60. The van der Waals surface area contributed by atoms with Crippen LogP contribution < -0.4 is 5.32 Å². The van der Waals surface area contributed by atoms with Gasteiger partial charge in [0.05, 0.1) is 18.1 Å². The largest absolute Gasteiger partial charge is 0.462 e. The molecule has 1 amide bonds. The van der Waals surface area contributed by atoms with Crippen LogP contribution in [0.1, 0.15) is 29.6 Å². The minimum atomic E-state index is -0.617. The van der Waals surface area contributed by atoms with Gasteiger partial charge in [0.1, 0.15) is 6.10 Å². The maximum atomic E-state index is 12.2. The third-order valence-corrected chi connectivity index (χ3v) is 3.99. The van der Waals surface area contributed by atoms with Crippen molar-refractivity contribution < 1.29 is 19.4 Å². The van der Waals surface area contributed by atoms with E-state index in [1.807, 2.05) is 41.1 Å². The maximum Gasteiger partial charge on any atom is 0.308 e. The third-order valence-electron chi connectivity index (χ3n) is 3.99. The van der Waals surface area contributed by atoms with Gasteiger partial charge in [0.15, 0.2) is 0 Å². The summed E-state index contributed by atoms with van der Waals surface area (Å²) in [6.45, 7) is 0.614. The monoisotopic (exact) mass is 328 g/mol. The Balaban J connectivity index is 1.53. The summed E-state index contributed by atoms with van der Waals surface area (Å²) >= 11 is 0. The van der Waals surface area contributed by atoms with Crippen LogP contribution in [0.15, 0.2) is 48.8 Å². The van der Waals surface area contributed by atoms with Crippen LogP contribution in [0.3, 0.4) is 0 Å². The smallest absolute Gasteiger partial charge is 0.308 e. The number of aliphatic hydroxyl groups excluding tert-OH is 1. The first kappa shape index (κ1) is 16.3. The number of para-hydroxylation sites is 1. The summed E-state index contributed by atoms with van der Waals surface area (Å²) in [5.74, 6) is -0.520. The first-order chi connectivity index (χ1) is 11.6. The summed E-state index contributed by atoms with van der Waals surface area (Å²) in [6, 6.07) is 11.0. The number of nitrogens with zero attached hydrogens (tertiary/aromatic N) is 1. The zero-order chi connectivity index (χ0) is 16.9. The molecule has 2 heterocycles. The number of nitrogens with one attached hydrogen (secondary N) is 1. The van der Waals surface area contributed by atoms with Gasteiger partial charge in [-0.2, -0.15) is 0 Å². The summed E-state index contributed by atoms with van der Waals surface area (Å²) in [6.07, 6.45) is 3.84. The Kier molecular flexibility index (Phi) is 4.96. The fourth-order valence-corrected chi connectivity index (χ4v) is 2.77. The molecule has 0 aliphatic carbocycles. The number of amides is 1. The molecule has 24 heavy (non-hydrogen) atoms. The number of ether oxygens (including phenoxy) is 1. The summed E-state index contributed by atoms with van der Waals surface area (Å²) in [7, 11) is 0. The molecular weight excluding hydrogens is 308 g/mol. The van der Waals surface area contributed by atoms with E-state index in [2.05, 4.69) is 5.32 Å². The summed E-state index contributed by atoms with van der Waals surface area (Å²) < 4.78 is 7.10. The molecule has 1 aliphatic heterocycles. The van der Waals surface area contributed by atoms with Crippen molar-refractivity contribution in [1.82, 2.24) is 4.57 Å². The van der Waals surface area contributed by atoms with E-state index < -0.39 is 6.10 Å². The van der Waals surface area contributed by atoms with Gasteiger partial charge in [-0.15, -0.1) is 0 Å². The third kappa shape index (κ3) is 4.23. The molecule has 6 heteroatoms. The van der Waals surface area contributed by atoms with E-state index in [9.17, 15) is 14.7 Å². The van der Waals surface area contributed by atoms with Crippen molar-refractivity contribution in [3.8, 4) is 0 Å². The molecule has 126 valence electrons. The Morgan fingerprint density at radius 3 is 2.83 bits per heavy atom. The number of anilines is 1. The van der Waals surface area contributed by atoms with E-state index in [0.717, 1.165) is 5.69 Å². The van der Waals surface area contributed by atoms with Gasteiger partial charge in [0.2, 0.25) is 0 Å². The van der Waals surface area contributed by atoms with Crippen molar-refractivity contribution in [2.24, 2.45) is 0 Å². The molecule has 1 aliphatic rings. The summed E-state index contributed by atoms with van der Waals surface area (Å²) in [4.78, 5) is 23.5. The fraction of sp³-hybridized carbons (Fsp3) is 0.333. The van der Waals surface area contributed by atoms with Crippen molar-refractivity contribution in [2.75, 3.05) is 5.32 Å². The van der Waals surface area contributed by atoms with Gasteiger partial charge in [-0.25, -0.2) is 0 Å². The second-order valence-corrected chi connectivity index (χ2v) is 5.95. The zero-order valence-corrected chi connectivity index (χ0v) is 13.2. The molecule has 1 saturated heterocycles. The maximum absolute atomic E-state index is 12.2. The van der Waals surface area contributed by atoms with E-state index in [0.29, 0.717) is 24.9 Å². The number of esters is 1. The van der Waals surface area contributed by atoms with Crippen LogP contribution in [0.25, 0.3) is 0 Å². The number of hydrogen-bond donors (Lipinski definition) is 2. The highest BCUT2D eigenvalue weighted by Crippen LogP contribution is 2.18. The summed E-state index contributed by atoms with van der Waals surface area (Å²) in [5.41, 5.74) is 1.32. The van der Waals surface area contributed by atoms with E-state index in [1.165, 1.54) is 0 Å². The van der Waals surface area contributed by atoms with Crippen molar-refractivity contribution in [3.05, 3.63) is 54.4 Å². The number of hydrogen-bond acceptors (Lipinski definition) is 4. The van der Waals surface area contributed by atoms with E-state index >= 15 is 0 Å². The average Bonchev–Trinajstić information content (AvgIpc) is 3.02. The molecule has 1 fully saturated rings. The Morgan fingerprint density at radius 2 is 2.08 bits per heavy atom. The minimum absolute atomic E-state index is 0.0732. The van der Waals surface area contributed by atoms with Crippen LogP contribution in [-0.4, -0.2) is 33.8 Å². The number of cyclic esters (lactones) is 1. The van der Waals surface area contributed by atoms with E-state index in [-0.39, 0.29) is 24.4 Å². The van der Waals surface area contributed by atoms with Crippen molar-refractivity contribution in [1.29, 1.82) is 0 Å². The van der Waals surface area contributed by atoms with Crippen LogP contribution >= 0.6 is 0 Å². The predicted molar refractivity (Wildman–Crippen MR) is 88.6 cm³/mol. The number of carbonyl (C=O) groups excluding carboxylic acids is 2. The number of aromatic nitrogens is 1. The quantitative estimate of drug-likeness (QED) is 0.825. The Morgan fingerprint density at radius 1 is 1.29 bits per heavy atom. The zero-order valence-electron chi connectivity index (χ0n) is 13.2. The Bertz CT molecular complexity index is 711.